The number of nitrogens with zero attached hydrogens (tertiary/aromatic N) is 3. The topological polar surface area (TPSA) is 97.6 Å². The number of aromatic nitrogens is 2. The van der Waals surface area contributed by atoms with Crippen LogP contribution in [0, 0.1) is 6.92 Å². The Bertz CT molecular complexity index is 1310. The minimum Gasteiger partial charge on any atom is -0.497 e. The van der Waals surface area contributed by atoms with Gasteiger partial charge in [-0.25, -0.2) is 10.1 Å². The van der Waals surface area contributed by atoms with Crippen LogP contribution in [0.2, 0.25) is 0 Å². The molecule has 8 heteroatoms. The Kier molecular flexibility index (Phi) is 6.78. The number of para-hydroxylation sites is 1. The van der Waals surface area contributed by atoms with E-state index in [4.69, 9.17) is 9.84 Å². The number of anilines is 1. The van der Waals surface area contributed by atoms with E-state index in [9.17, 15) is 9.59 Å². The monoisotopic (exact) mass is 453 g/mol. The van der Waals surface area contributed by atoms with Gasteiger partial charge in [0.1, 0.15) is 11.4 Å². The molecule has 3 aromatic carbocycles. The van der Waals surface area contributed by atoms with Crippen molar-refractivity contribution < 1.29 is 14.3 Å². The van der Waals surface area contributed by atoms with Crippen LogP contribution in [0.4, 0.5) is 5.69 Å². The summed E-state index contributed by atoms with van der Waals surface area (Å²) in [6.45, 7) is 1.94. The van der Waals surface area contributed by atoms with E-state index in [1.807, 2.05) is 73.7 Å². The fraction of sp³-hybridized carbons (Fsp3) is 0.0769. The third-order valence-electron chi connectivity index (χ3n) is 5.01. The average molecular weight is 454 g/mol. The predicted molar refractivity (Wildman–Crippen MR) is 131 cm³/mol. The Labute approximate surface area is 196 Å². The Balaban J connectivity index is 1.53. The maximum absolute atomic E-state index is 12.2. The van der Waals surface area contributed by atoms with Gasteiger partial charge in [0.2, 0.25) is 0 Å². The number of benzene rings is 3. The number of aryl methyl sites for hydroxylation is 1. The third kappa shape index (κ3) is 5.36. The van der Waals surface area contributed by atoms with E-state index in [1.54, 1.807) is 30.1 Å². The van der Waals surface area contributed by atoms with Crippen molar-refractivity contribution in [3.8, 4) is 22.7 Å². The van der Waals surface area contributed by atoms with Crippen LogP contribution >= 0.6 is 0 Å². The summed E-state index contributed by atoms with van der Waals surface area (Å²) in [5, 5.41) is 11.2. The number of hydrazone groups is 1. The van der Waals surface area contributed by atoms with E-state index < -0.39 is 11.8 Å². The number of rotatable bonds is 6. The molecule has 4 aromatic rings. The minimum atomic E-state index is -0.877. The van der Waals surface area contributed by atoms with E-state index in [0.717, 1.165) is 22.6 Å². The van der Waals surface area contributed by atoms with Gasteiger partial charge in [-0.3, -0.25) is 9.59 Å². The van der Waals surface area contributed by atoms with E-state index in [2.05, 4.69) is 15.8 Å². The highest BCUT2D eigenvalue weighted by Gasteiger charge is 2.14. The van der Waals surface area contributed by atoms with Crippen molar-refractivity contribution in [2.75, 3.05) is 12.4 Å². The highest BCUT2D eigenvalue weighted by molar-refractivity contribution is 6.39. The Morgan fingerprint density at radius 1 is 0.941 bits per heavy atom. The molecule has 1 heterocycles. The highest BCUT2D eigenvalue weighted by Crippen LogP contribution is 2.25. The van der Waals surface area contributed by atoms with Crippen molar-refractivity contribution in [3.63, 3.8) is 0 Å². The van der Waals surface area contributed by atoms with Gasteiger partial charge in [-0.2, -0.15) is 10.2 Å². The molecule has 0 bridgehead atoms. The lowest BCUT2D eigenvalue weighted by atomic mass is 10.1. The second kappa shape index (κ2) is 10.3. The van der Waals surface area contributed by atoms with Gasteiger partial charge >= 0.3 is 11.8 Å². The molecule has 170 valence electrons. The lowest BCUT2D eigenvalue weighted by Crippen LogP contribution is -2.32. The van der Waals surface area contributed by atoms with Crippen LogP contribution in [0.5, 0.6) is 5.75 Å². The fourth-order valence-electron chi connectivity index (χ4n) is 3.20. The number of ether oxygens (including phenoxy) is 1. The lowest BCUT2D eigenvalue weighted by molar-refractivity contribution is -0.136. The van der Waals surface area contributed by atoms with Crippen molar-refractivity contribution >= 4 is 23.7 Å². The van der Waals surface area contributed by atoms with Crippen molar-refractivity contribution in [3.05, 3.63) is 96.2 Å². The van der Waals surface area contributed by atoms with Crippen LogP contribution < -0.4 is 15.5 Å². The largest absolute Gasteiger partial charge is 0.497 e. The van der Waals surface area contributed by atoms with E-state index in [1.165, 1.54) is 6.21 Å². The summed E-state index contributed by atoms with van der Waals surface area (Å²) >= 11 is 0. The molecule has 0 saturated heterocycles. The number of carbonyl (C=O) groups excluding carboxylic acids is 2. The van der Waals surface area contributed by atoms with Gasteiger partial charge in [-0.15, -0.1) is 0 Å². The first-order valence-electron chi connectivity index (χ1n) is 10.5. The van der Waals surface area contributed by atoms with Crippen molar-refractivity contribution in [2.45, 2.75) is 6.92 Å². The highest BCUT2D eigenvalue weighted by atomic mass is 16.5. The summed E-state index contributed by atoms with van der Waals surface area (Å²) in [7, 11) is 1.61. The van der Waals surface area contributed by atoms with E-state index >= 15 is 0 Å². The van der Waals surface area contributed by atoms with Crippen molar-refractivity contribution in [1.82, 2.24) is 15.2 Å². The second-order valence-corrected chi connectivity index (χ2v) is 7.46. The van der Waals surface area contributed by atoms with Crippen LogP contribution in [0.25, 0.3) is 16.9 Å². The van der Waals surface area contributed by atoms with Crippen molar-refractivity contribution in [1.29, 1.82) is 0 Å². The maximum atomic E-state index is 12.2. The third-order valence-corrected chi connectivity index (χ3v) is 5.01. The smallest absolute Gasteiger partial charge is 0.329 e. The first-order chi connectivity index (χ1) is 16.5. The number of carbonyl (C=O) groups is 2. The summed E-state index contributed by atoms with van der Waals surface area (Å²) < 4.78 is 6.96. The molecule has 0 aliphatic heterocycles. The van der Waals surface area contributed by atoms with Gasteiger partial charge in [0.15, 0.2) is 0 Å². The first-order valence-corrected chi connectivity index (χ1v) is 10.5. The number of hydrogen-bond acceptors (Lipinski definition) is 5. The van der Waals surface area contributed by atoms with Gasteiger partial charge in [-0.05, 0) is 55.5 Å². The summed E-state index contributed by atoms with van der Waals surface area (Å²) in [4.78, 5) is 24.3. The van der Waals surface area contributed by atoms with Gasteiger partial charge in [-0.1, -0.05) is 35.9 Å². The van der Waals surface area contributed by atoms with Gasteiger partial charge in [0.05, 0.1) is 19.0 Å². The number of amides is 2. The lowest BCUT2D eigenvalue weighted by Gasteiger charge is -2.04. The quantitative estimate of drug-likeness (QED) is 0.262. The predicted octanol–water partition coefficient (Wildman–Crippen LogP) is 3.95. The number of nitrogens with one attached hydrogen (secondary N) is 2. The summed E-state index contributed by atoms with van der Waals surface area (Å²) in [6.07, 6.45) is 3.26. The molecule has 0 saturated carbocycles. The second-order valence-electron chi connectivity index (χ2n) is 7.46. The standard InChI is InChI=1S/C26H23N5O3/c1-18-8-12-21(13-9-18)28-25(32)26(33)29-27-16-20-17-31(22-6-4-3-5-7-22)30-24(20)19-10-14-23(34-2)15-11-19/h3-17H,1-2H3,(H,28,32)(H,29,33)/b27-16+. The fourth-order valence-corrected chi connectivity index (χ4v) is 3.20. The van der Waals surface area contributed by atoms with Crippen LogP contribution in [0.15, 0.2) is 90.2 Å². The van der Waals surface area contributed by atoms with Crippen LogP contribution in [0.1, 0.15) is 11.1 Å². The van der Waals surface area contributed by atoms with E-state index in [0.29, 0.717) is 16.9 Å². The molecule has 0 atom stereocenters. The SMILES string of the molecule is COc1ccc(-c2nn(-c3ccccc3)cc2/C=N/NC(=O)C(=O)Nc2ccc(C)cc2)cc1. The van der Waals surface area contributed by atoms with Gasteiger partial charge in [0.25, 0.3) is 0 Å². The van der Waals surface area contributed by atoms with Crippen LogP contribution in [0.3, 0.4) is 0 Å². The molecule has 0 aliphatic carbocycles. The number of hydrogen-bond donors (Lipinski definition) is 2. The zero-order valence-corrected chi connectivity index (χ0v) is 18.7. The molecule has 2 amide bonds. The molecule has 34 heavy (non-hydrogen) atoms. The molecule has 8 nitrogen and oxygen atoms in total. The molecule has 0 fully saturated rings. The minimum absolute atomic E-state index is 0.528. The zero-order chi connectivity index (χ0) is 23.9. The number of methoxy groups -OCH3 is 1. The molecule has 4 rings (SSSR count). The molecule has 0 aliphatic rings. The molecule has 1 aromatic heterocycles. The van der Waals surface area contributed by atoms with Crippen LogP contribution in [-0.4, -0.2) is 34.9 Å². The first kappa shape index (κ1) is 22.5. The molecule has 0 spiro atoms. The Hall–Kier alpha value is -4.72. The van der Waals surface area contributed by atoms with Gasteiger partial charge in [0, 0.05) is 23.0 Å². The molecular weight excluding hydrogens is 430 g/mol. The molecule has 0 unspecified atom stereocenters. The van der Waals surface area contributed by atoms with Gasteiger partial charge < -0.3 is 10.1 Å². The molecule has 2 N–H and O–H groups in total. The summed E-state index contributed by atoms with van der Waals surface area (Å²) in [6, 6.07) is 24.2. The average Bonchev–Trinajstić information content (AvgIpc) is 3.30. The zero-order valence-electron chi connectivity index (χ0n) is 18.7. The normalized spacial score (nSPS) is 10.8. The molecule has 0 radical (unpaired) electrons. The van der Waals surface area contributed by atoms with E-state index in [-0.39, 0.29) is 0 Å². The Morgan fingerprint density at radius 2 is 1.65 bits per heavy atom. The Morgan fingerprint density at radius 3 is 2.32 bits per heavy atom. The molecular formula is C26H23N5O3. The summed E-state index contributed by atoms with van der Waals surface area (Å²) in [5.74, 6) is -0.956. The summed E-state index contributed by atoms with van der Waals surface area (Å²) in [5.41, 5.74) is 6.89. The van der Waals surface area contributed by atoms with Crippen LogP contribution in [-0.2, 0) is 9.59 Å². The maximum Gasteiger partial charge on any atom is 0.329 e. The van der Waals surface area contributed by atoms with Crippen molar-refractivity contribution in [2.24, 2.45) is 5.10 Å².